The lowest BCUT2D eigenvalue weighted by atomic mass is 9.93. The van der Waals surface area contributed by atoms with E-state index < -0.39 is 0 Å². The third-order valence-electron chi connectivity index (χ3n) is 9.04. The molecule has 0 bridgehead atoms. The van der Waals surface area contributed by atoms with E-state index in [-0.39, 0.29) is 0 Å². The first-order valence-corrected chi connectivity index (χ1v) is 14.9. The quantitative estimate of drug-likeness (QED) is 0.211. The molecule has 44 heavy (non-hydrogen) atoms. The molecule has 10 rings (SSSR count). The van der Waals surface area contributed by atoms with Crippen LogP contribution in [0.15, 0.2) is 148 Å². The highest BCUT2D eigenvalue weighted by Gasteiger charge is 2.23. The highest BCUT2D eigenvalue weighted by atomic mass is 16.3. The van der Waals surface area contributed by atoms with Crippen LogP contribution in [0.25, 0.3) is 99.1 Å². The Hall–Kier alpha value is -5.93. The number of furan rings is 1. The monoisotopic (exact) mass is 561 g/mol. The predicted octanol–water partition coefficient (Wildman–Crippen LogP) is 11.6. The van der Waals surface area contributed by atoms with Crippen molar-refractivity contribution in [2.45, 2.75) is 0 Å². The number of hydrogen-bond acceptors (Lipinski definition) is 3. The molecular formula is C41H23NO2. The summed E-state index contributed by atoms with van der Waals surface area (Å²) in [4.78, 5) is 5.03. The van der Waals surface area contributed by atoms with Crippen LogP contribution in [-0.4, -0.2) is 4.98 Å². The van der Waals surface area contributed by atoms with E-state index in [4.69, 9.17) is 13.8 Å². The molecular weight excluding hydrogens is 538 g/mol. The summed E-state index contributed by atoms with van der Waals surface area (Å²) in [7, 11) is 0. The lowest BCUT2D eigenvalue weighted by Gasteiger charge is -2.12. The van der Waals surface area contributed by atoms with Gasteiger partial charge in [-0.1, -0.05) is 109 Å². The minimum absolute atomic E-state index is 0.827. The van der Waals surface area contributed by atoms with Crippen LogP contribution in [0.3, 0.4) is 0 Å². The van der Waals surface area contributed by atoms with Gasteiger partial charge in [-0.05, 0) is 57.4 Å². The largest absolute Gasteiger partial charge is 0.455 e. The van der Waals surface area contributed by atoms with Crippen LogP contribution in [0.2, 0.25) is 0 Å². The van der Waals surface area contributed by atoms with Crippen LogP contribution in [-0.2, 0) is 0 Å². The molecule has 3 nitrogen and oxygen atoms in total. The van der Waals surface area contributed by atoms with E-state index in [2.05, 4.69) is 115 Å². The summed E-state index contributed by atoms with van der Waals surface area (Å²) in [5, 5.41) is 9.26. The van der Waals surface area contributed by atoms with Crippen LogP contribution in [0.1, 0.15) is 0 Å². The summed E-state index contributed by atoms with van der Waals surface area (Å²) in [5.74, 6) is 0.831. The van der Waals surface area contributed by atoms with Crippen molar-refractivity contribution in [1.82, 2.24) is 4.98 Å². The van der Waals surface area contributed by atoms with Crippen LogP contribution < -0.4 is 0 Å². The van der Waals surface area contributed by atoms with Crippen molar-refractivity contribution in [1.29, 1.82) is 0 Å². The first kappa shape index (κ1) is 23.6. The molecule has 7 aromatic carbocycles. The number of fused-ring (bicyclic) bond motifs is 12. The molecule has 0 N–H and O–H groups in total. The zero-order valence-electron chi connectivity index (χ0n) is 23.5. The summed E-state index contributed by atoms with van der Waals surface area (Å²) in [5.41, 5.74) is 8.81. The van der Waals surface area contributed by atoms with Crippen molar-refractivity contribution in [2.24, 2.45) is 0 Å². The van der Waals surface area contributed by atoms with Gasteiger partial charge in [0.15, 0.2) is 0 Å². The second kappa shape index (κ2) is 8.79. The molecule has 0 aliphatic carbocycles. The molecule has 0 atom stereocenters. The van der Waals surface area contributed by atoms with Gasteiger partial charge in [-0.3, -0.25) is 0 Å². The van der Waals surface area contributed by atoms with E-state index in [0.29, 0.717) is 0 Å². The zero-order valence-corrected chi connectivity index (χ0v) is 23.5. The Kier molecular flexibility index (Phi) is 4.72. The van der Waals surface area contributed by atoms with Crippen molar-refractivity contribution < 1.29 is 8.83 Å². The summed E-state index contributed by atoms with van der Waals surface area (Å²) in [6, 6.07) is 48.8. The summed E-state index contributed by atoms with van der Waals surface area (Å²) in [6.07, 6.45) is 0. The molecule has 0 fully saturated rings. The molecule has 0 saturated carbocycles. The van der Waals surface area contributed by atoms with Gasteiger partial charge in [-0.25, -0.2) is 4.98 Å². The number of nitrogens with zero attached hydrogens (tertiary/aromatic N) is 1. The normalized spacial score (nSPS) is 12.1. The molecule has 3 heterocycles. The third kappa shape index (κ3) is 3.24. The highest BCUT2D eigenvalue weighted by molar-refractivity contribution is 6.28. The fraction of sp³-hybridized carbons (Fsp3) is 0. The molecule has 0 unspecified atom stereocenters. The molecule has 0 spiro atoms. The van der Waals surface area contributed by atoms with Crippen LogP contribution in [0, 0.1) is 0 Å². The van der Waals surface area contributed by atoms with E-state index in [1.165, 1.54) is 26.9 Å². The standard InChI is InChI=1S/C41H23NO2/c1-3-11-28-24(9-1)21-22-35-36(28)37-29-12-4-2-10-27(29)23-32(41(37)44-35)25-17-19-26(20-18-25)40-38-30-13-5-7-15-33(30)42-39(38)31-14-6-8-16-34(31)43-40/h1-23H. The van der Waals surface area contributed by atoms with Gasteiger partial charge in [0, 0.05) is 32.7 Å². The van der Waals surface area contributed by atoms with Crippen LogP contribution in [0.4, 0.5) is 0 Å². The van der Waals surface area contributed by atoms with E-state index >= 15 is 0 Å². The Bertz CT molecular complexity index is 2710. The van der Waals surface area contributed by atoms with Crippen molar-refractivity contribution >= 4 is 65.4 Å². The topological polar surface area (TPSA) is 39.2 Å². The van der Waals surface area contributed by atoms with Crippen LogP contribution >= 0.6 is 0 Å². The van der Waals surface area contributed by atoms with Crippen molar-refractivity contribution in [3.05, 3.63) is 140 Å². The van der Waals surface area contributed by atoms with Crippen molar-refractivity contribution in [3.8, 4) is 33.7 Å². The number of hydrogen-bond donors (Lipinski definition) is 0. The fourth-order valence-corrected chi connectivity index (χ4v) is 7.03. The second-order valence-electron chi connectivity index (χ2n) is 11.5. The SMILES string of the molecule is c1ccc2c(c1)ccc1oc3c(-c4ccc(-c5oc6ccccc6c6nc7ccccc7c5-6)cc4)cc4ccccc4c3c12. The average molecular weight is 562 g/mol. The van der Waals surface area contributed by atoms with Gasteiger partial charge in [0.2, 0.25) is 0 Å². The maximum Gasteiger partial charge on any atom is 0.144 e. The molecule has 0 amide bonds. The van der Waals surface area contributed by atoms with E-state index in [0.717, 1.165) is 72.1 Å². The Labute approximate surface area is 251 Å². The van der Waals surface area contributed by atoms with Gasteiger partial charge < -0.3 is 8.83 Å². The minimum atomic E-state index is 0.827. The van der Waals surface area contributed by atoms with Gasteiger partial charge in [0.05, 0.1) is 16.8 Å². The molecule has 8 aromatic rings. The Morgan fingerprint density at radius 1 is 0.455 bits per heavy atom. The fourth-order valence-electron chi connectivity index (χ4n) is 7.03. The van der Waals surface area contributed by atoms with Gasteiger partial charge >= 0.3 is 0 Å². The summed E-state index contributed by atoms with van der Waals surface area (Å²) < 4.78 is 13.3. The average Bonchev–Trinajstić information content (AvgIpc) is 3.68. The molecule has 2 aliphatic heterocycles. The predicted molar refractivity (Wildman–Crippen MR) is 181 cm³/mol. The van der Waals surface area contributed by atoms with Gasteiger partial charge in [-0.15, -0.1) is 0 Å². The number of rotatable bonds is 2. The third-order valence-corrected chi connectivity index (χ3v) is 9.04. The van der Waals surface area contributed by atoms with Crippen molar-refractivity contribution in [3.63, 3.8) is 0 Å². The Morgan fingerprint density at radius 2 is 1.11 bits per heavy atom. The van der Waals surface area contributed by atoms with Gasteiger partial charge in [-0.2, -0.15) is 0 Å². The van der Waals surface area contributed by atoms with Gasteiger partial charge in [0.1, 0.15) is 22.5 Å². The van der Waals surface area contributed by atoms with Crippen molar-refractivity contribution in [2.75, 3.05) is 0 Å². The minimum Gasteiger partial charge on any atom is -0.455 e. The lowest BCUT2D eigenvalue weighted by Crippen LogP contribution is -1.89. The molecule has 0 saturated heterocycles. The Balaban J connectivity index is 1.22. The number of aromatic nitrogens is 1. The Morgan fingerprint density at radius 3 is 1.95 bits per heavy atom. The molecule has 3 heteroatoms. The molecule has 204 valence electrons. The number of para-hydroxylation sites is 2. The maximum atomic E-state index is 6.69. The highest BCUT2D eigenvalue weighted by Crippen LogP contribution is 2.46. The smallest absolute Gasteiger partial charge is 0.144 e. The van der Waals surface area contributed by atoms with Gasteiger partial charge in [0.25, 0.3) is 0 Å². The summed E-state index contributed by atoms with van der Waals surface area (Å²) in [6.45, 7) is 0. The van der Waals surface area contributed by atoms with Crippen LogP contribution in [0.5, 0.6) is 0 Å². The first-order chi connectivity index (χ1) is 21.8. The maximum absolute atomic E-state index is 6.69. The summed E-state index contributed by atoms with van der Waals surface area (Å²) >= 11 is 0. The van der Waals surface area contributed by atoms with E-state index in [9.17, 15) is 0 Å². The second-order valence-corrected chi connectivity index (χ2v) is 11.5. The zero-order chi connectivity index (χ0) is 28.8. The molecule has 2 aliphatic rings. The molecule has 1 aromatic heterocycles. The first-order valence-electron chi connectivity index (χ1n) is 14.9. The number of benzene rings is 7. The lowest BCUT2D eigenvalue weighted by molar-refractivity contribution is 0.622. The molecule has 0 radical (unpaired) electrons. The van der Waals surface area contributed by atoms with E-state index in [1.54, 1.807) is 0 Å². The van der Waals surface area contributed by atoms with E-state index in [1.807, 2.05) is 24.3 Å².